The summed E-state index contributed by atoms with van der Waals surface area (Å²) in [5.41, 5.74) is 1.90. The summed E-state index contributed by atoms with van der Waals surface area (Å²) in [5, 5.41) is 13.6. The van der Waals surface area contributed by atoms with Crippen LogP contribution >= 0.6 is 0 Å². The van der Waals surface area contributed by atoms with E-state index in [2.05, 4.69) is 5.32 Å². The molecule has 0 unspecified atom stereocenters. The second-order valence-electron chi connectivity index (χ2n) is 4.63. The van der Waals surface area contributed by atoms with Crippen molar-refractivity contribution in [3.05, 3.63) is 75.3 Å². The molecule has 0 heterocycles. The van der Waals surface area contributed by atoms with E-state index in [1.165, 1.54) is 6.07 Å². The van der Waals surface area contributed by atoms with Crippen molar-refractivity contribution in [1.29, 1.82) is 0 Å². The molecule has 21 heavy (non-hydrogen) atoms. The van der Waals surface area contributed by atoms with Crippen LogP contribution in [0.5, 0.6) is 0 Å². The number of nitrogens with zero attached hydrogens (tertiary/aromatic N) is 1. The van der Waals surface area contributed by atoms with Gasteiger partial charge in [0, 0.05) is 12.6 Å². The summed E-state index contributed by atoms with van der Waals surface area (Å²) in [6, 6.07) is 14.4. The lowest BCUT2D eigenvalue weighted by molar-refractivity contribution is -0.385. The lowest BCUT2D eigenvalue weighted by atomic mass is 10.0. The second kappa shape index (κ2) is 6.65. The molecule has 0 saturated carbocycles. The zero-order valence-corrected chi connectivity index (χ0v) is 11.7. The minimum Gasteiger partial charge on any atom is -0.352 e. The van der Waals surface area contributed by atoms with Crippen molar-refractivity contribution >= 4 is 11.6 Å². The van der Waals surface area contributed by atoms with E-state index in [1.54, 1.807) is 19.1 Å². The predicted molar refractivity (Wildman–Crippen MR) is 80.4 cm³/mol. The fourth-order valence-corrected chi connectivity index (χ4v) is 2.12. The van der Waals surface area contributed by atoms with Gasteiger partial charge in [0.15, 0.2) is 0 Å². The van der Waals surface area contributed by atoms with Crippen LogP contribution in [-0.2, 0) is 6.42 Å². The van der Waals surface area contributed by atoms with E-state index in [1.807, 2.05) is 30.3 Å². The number of rotatable bonds is 5. The second-order valence-corrected chi connectivity index (χ2v) is 4.63. The molecule has 5 nitrogen and oxygen atoms in total. The molecule has 2 rings (SSSR count). The number of nitrogens with one attached hydrogen (secondary N) is 1. The average molecular weight is 284 g/mol. The molecule has 0 aromatic heterocycles. The Morgan fingerprint density at radius 2 is 1.86 bits per heavy atom. The summed E-state index contributed by atoms with van der Waals surface area (Å²) in [7, 11) is 0. The molecule has 1 N–H and O–H groups in total. The molecular formula is C16H16N2O3. The normalized spacial score (nSPS) is 10.1. The number of hydrogen-bond acceptors (Lipinski definition) is 3. The van der Waals surface area contributed by atoms with Gasteiger partial charge in [-0.05, 0) is 30.5 Å². The molecule has 0 aliphatic carbocycles. The molecule has 0 aliphatic rings. The number of nitro benzene ring substituents is 1. The Morgan fingerprint density at radius 1 is 1.14 bits per heavy atom. The fraction of sp³-hybridized carbons (Fsp3) is 0.188. The highest BCUT2D eigenvalue weighted by Gasteiger charge is 2.20. The van der Waals surface area contributed by atoms with Crippen LogP contribution in [0.3, 0.4) is 0 Å². The van der Waals surface area contributed by atoms with Gasteiger partial charge in [-0.3, -0.25) is 14.9 Å². The molecule has 0 bridgehead atoms. The summed E-state index contributed by atoms with van der Waals surface area (Å²) in [6.45, 7) is 2.20. The molecule has 0 spiro atoms. The predicted octanol–water partition coefficient (Wildman–Crippen LogP) is 2.94. The summed E-state index contributed by atoms with van der Waals surface area (Å²) >= 11 is 0. The van der Waals surface area contributed by atoms with Gasteiger partial charge in [-0.25, -0.2) is 0 Å². The highest BCUT2D eigenvalue weighted by atomic mass is 16.6. The number of carbonyl (C=O) groups is 1. The van der Waals surface area contributed by atoms with Gasteiger partial charge in [-0.2, -0.15) is 0 Å². The SMILES string of the molecule is CCNC(=O)c1cc(Cc2ccccc2)ccc1[N+](=O)[O-]. The number of amides is 1. The number of hydrogen-bond donors (Lipinski definition) is 1. The van der Waals surface area contributed by atoms with E-state index >= 15 is 0 Å². The molecule has 108 valence electrons. The Kier molecular flexibility index (Phi) is 4.66. The third-order valence-corrected chi connectivity index (χ3v) is 3.09. The fourth-order valence-electron chi connectivity index (χ4n) is 2.12. The molecule has 0 atom stereocenters. The molecular weight excluding hydrogens is 268 g/mol. The first-order valence-corrected chi connectivity index (χ1v) is 6.71. The Bertz CT molecular complexity index is 654. The Hall–Kier alpha value is -2.69. The molecule has 0 saturated heterocycles. The zero-order chi connectivity index (χ0) is 15.2. The van der Waals surface area contributed by atoms with Crippen LogP contribution in [0, 0.1) is 10.1 Å². The van der Waals surface area contributed by atoms with Crippen molar-refractivity contribution < 1.29 is 9.72 Å². The van der Waals surface area contributed by atoms with Gasteiger partial charge in [0.25, 0.3) is 11.6 Å². The molecule has 0 radical (unpaired) electrons. The molecule has 5 heteroatoms. The maximum absolute atomic E-state index is 12.0. The smallest absolute Gasteiger partial charge is 0.282 e. The van der Waals surface area contributed by atoms with Gasteiger partial charge in [-0.15, -0.1) is 0 Å². The first-order chi connectivity index (χ1) is 10.1. The van der Waals surface area contributed by atoms with Crippen molar-refractivity contribution in [3.8, 4) is 0 Å². The largest absolute Gasteiger partial charge is 0.352 e. The maximum Gasteiger partial charge on any atom is 0.282 e. The first kappa shape index (κ1) is 14.7. The quantitative estimate of drug-likeness (QED) is 0.677. The lowest BCUT2D eigenvalue weighted by Crippen LogP contribution is -2.23. The maximum atomic E-state index is 12.0. The summed E-state index contributed by atoms with van der Waals surface area (Å²) in [4.78, 5) is 22.5. The van der Waals surface area contributed by atoms with Crippen molar-refractivity contribution in [2.45, 2.75) is 13.3 Å². The molecule has 0 aliphatic heterocycles. The molecule has 0 fully saturated rings. The van der Waals surface area contributed by atoms with Crippen LogP contribution in [0.15, 0.2) is 48.5 Å². The number of nitro groups is 1. The van der Waals surface area contributed by atoms with Crippen LogP contribution in [0.1, 0.15) is 28.4 Å². The van der Waals surface area contributed by atoms with Gasteiger partial charge >= 0.3 is 0 Å². The van der Waals surface area contributed by atoms with Crippen LogP contribution < -0.4 is 5.32 Å². The highest BCUT2D eigenvalue weighted by molar-refractivity contribution is 5.98. The van der Waals surface area contributed by atoms with Crippen LogP contribution in [0.4, 0.5) is 5.69 Å². The monoisotopic (exact) mass is 284 g/mol. The zero-order valence-electron chi connectivity index (χ0n) is 11.7. The van der Waals surface area contributed by atoms with Crippen LogP contribution in [-0.4, -0.2) is 17.4 Å². The summed E-state index contributed by atoms with van der Waals surface area (Å²) < 4.78 is 0. The van der Waals surface area contributed by atoms with Crippen molar-refractivity contribution in [2.75, 3.05) is 6.54 Å². The summed E-state index contributed by atoms with van der Waals surface area (Å²) in [6.07, 6.45) is 0.630. The van der Waals surface area contributed by atoms with E-state index in [0.29, 0.717) is 13.0 Å². The van der Waals surface area contributed by atoms with Crippen molar-refractivity contribution in [1.82, 2.24) is 5.32 Å². The average Bonchev–Trinajstić information content (AvgIpc) is 2.48. The molecule has 2 aromatic rings. The number of benzene rings is 2. The topological polar surface area (TPSA) is 72.2 Å². The van der Waals surface area contributed by atoms with Gasteiger partial charge < -0.3 is 5.32 Å². The Labute approximate surface area is 122 Å². The van der Waals surface area contributed by atoms with E-state index in [0.717, 1.165) is 11.1 Å². The summed E-state index contributed by atoms with van der Waals surface area (Å²) in [5.74, 6) is -0.417. The third-order valence-electron chi connectivity index (χ3n) is 3.09. The molecule has 2 aromatic carbocycles. The van der Waals surface area contributed by atoms with E-state index in [-0.39, 0.29) is 11.3 Å². The number of carbonyl (C=O) groups excluding carboxylic acids is 1. The van der Waals surface area contributed by atoms with Gasteiger partial charge in [-0.1, -0.05) is 36.4 Å². The third kappa shape index (κ3) is 3.66. The lowest BCUT2D eigenvalue weighted by Gasteiger charge is -2.07. The highest BCUT2D eigenvalue weighted by Crippen LogP contribution is 2.21. The van der Waals surface area contributed by atoms with E-state index in [4.69, 9.17) is 0 Å². The minimum absolute atomic E-state index is 0.107. The standard InChI is InChI=1S/C16H16N2O3/c1-2-17-16(19)14-11-13(8-9-15(14)18(20)21)10-12-6-4-3-5-7-12/h3-9,11H,2,10H2,1H3,(H,17,19). The van der Waals surface area contributed by atoms with Gasteiger partial charge in [0.2, 0.25) is 0 Å². The van der Waals surface area contributed by atoms with Crippen molar-refractivity contribution in [3.63, 3.8) is 0 Å². The van der Waals surface area contributed by atoms with E-state index in [9.17, 15) is 14.9 Å². The van der Waals surface area contributed by atoms with Crippen LogP contribution in [0.25, 0.3) is 0 Å². The van der Waals surface area contributed by atoms with Gasteiger partial charge in [0.05, 0.1) is 4.92 Å². The Balaban J connectivity index is 2.34. The van der Waals surface area contributed by atoms with Crippen molar-refractivity contribution in [2.24, 2.45) is 0 Å². The van der Waals surface area contributed by atoms with Gasteiger partial charge in [0.1, 0.15) is 5.56 Å². The Morgan fingerprint density at radius 3 is 2.48 bits per heavy atom. The first-order valence-electron chi connectivity index (χ1n) is 6.71. The van der Waals surface area contributed by atoms with Crippen LogP contribution in [0.2, 0.25) is 0 Å². The molecule has 1 amide bonds. The minimum atomic E-state index is -0.531. The van der Waals surface area contributed by atoms with E-state index < -0.39 is 10.8 Å².